The van der Waals surface area contributed by atoms with Gasteiger partial charge in [0.15, 0.2) is 6.10 Å². The van der Waals surface area contributed by atoms with Crippen molar-refractivity contribution in [2.24, 2.45) is 0 Å². The summed E-state index contributed by atoms with van der Waals surface area (Å²) in [5.41, 5.74) is 1.28. The predicted molar refractivity (Wildman–Crippen MR) is 94.7 cm³/mol. The molecule has 0 aromatic heterocycles. The topological polar surface area (TPSA) is 122 Å². The lowest BCUT2D eigenvalue weighted by Gasteiger charge is -2.15. The van der Waals surface area contributed by atoms with E-state index in [0.29, 0.717) is 24.0 Å². The molecule has 9 heteroatoms. The van der Waals surface area contributed by atoms with Gasteiger partial charge in [-0.25, -0.2) is 17.9 Å². The van der Waals surface area contributed by atoms with Gasteiger partial charge >= 0.3 is 5.97 Å². The minimum absolute atomic E-state index is 0.143. The second-order valence-corrected chi connectivity index (χ2v) is 8.30. The Morgan fingerprint density at radius 3 is 2.38 bits per heavy atom. The molecule has 1 saturated heterocycles. The van der Waals surface area contributed by atoms with Crippen molar-refractivity contribution >= 4 is 21.9 Å². The van der Waals surface area contributed by atoms with Crippen molar-refractivity contribution in [1.29, 1.82) is 0 Å². The summed E-state index contributed by atoms with van der Waals surface area (Å²) in [5, 5.41) is 11.6. The highest BCUT2D eigenvalue weighted by atomic mass is 32.2. The Kier molecular flexibility index (Phi) is 6.74. The Labute approximate surface area is 153 Å². The molecule has 1 fully saturated rings. The molecule has 144 valence electrons. The van der Waals surface area contributed by atoms with Gasteiger partial charge in [-0.15, -0.1) is 0 Å². The van der Waals surface area contributed by atoms with Gasteiger partial charge in [-0.2, -0.15) is 0 Å². The second kappa shape index (κ2) is 8.61. The van der Waals surface area contributed by atoms with Crippen molar-refractivity contribution in [3.05, 3.63) is 35.4 Å². The highest BCUT2D eigenvalue weighted by molar-refractivity contribution is 7.88. The summed E-state index contributed by atoms with van der Waals surface area (Å²) in [6.07, 6.45) is -1.11. The van der Waals surface area contributed by atoms with Crippen molar-refractivity contribution < 1.29 is 27.9 Å². The Hall–Kier alpha value is -1.97. The largest absolute Gasteiger partial charge is 0.479 e. The number of ether oxygens (including phenoxy) is 1. The van der Waals surface area contributed by atoms with Crippen LogP contribution in [0.2, 0.25) is 0 Å². The molecule has 0 radical (unpaired) electrons. The third-order valence-electron chi connectivity index (χ3n) is 3.92. The fraction of sp³-hybridized carbons (Fsp3) is 0.529. The van der Waals surface area contributed by atoms with Crippen LogP contribution in [0.3, 0.4) is 0 Å². The van der Waals surface area contributed by atoms with Gasteiger partial charge < -0.3 is 15.2 Å². The van der Waals surface area contributed by atoms with E-state index in [4.69, 9.17) is 9.84 Å². The normalized spacial score (nSPS) is 20.3. The summed E-state index contributed by atoms with van der Waals surface area (Å²) in [7, 11) is -3.48. The number of rotatable bonds is 8. The van der Waals surface area contributed by atoms with E-state index in [-0.39, 0.29) is 18.3 Å². The first-order valence-corrected chi connectivity index (χ1v) is 10.1. The summed E-state index contributed by atoms with van der Waals surface area (Å²) in [4.78, 5) is 23.1. The maximum absolute atomic E-state index is 12.2. The van der Waals surface area contributed by atoms with Crippen molar-refractivity contribution in [3.63, 3.8) is 0 Å². The van der Waals surface area contributed by atoms with E-state index in [1.807, 2.05) is 0 Å². The average Bonchev–Trinajstić information content (AvgIpc) is 3.02. The van der Waals surface area contributed by atoms with Gasteiger partial charge in [0.2, 0.25) is 15.9 Å². The number of nitrogens with one attached hydrogen (secondary N) is 2. The summed E-state index contributed by atoms with van der Waals surface area (Å²) in [6, 6.07) is 6.75. The van der Waals surface area contributed by atoms with Crippen molar-refractivity contribution in [3.8, 4) is 0 Å². The van der Waals surface area contributed by atoms with Gasteiger partial charge in [0.25, 0.3) is 0 Å². The van der Waals surface area contributed by atoms with Crippen molar-refractivity contribution in [1.82, 2.24) is 10.0 Å². The van der Waals surface area contributed by atoms with Crippen LogP contribution in [0, 0.1) is 0 Å². The predicted octanol–water partition coefficient (Wildman–Crippen LogP) is 0.763. The number of carbonyl (C=O) groups excluding carboxylic acids is 1. The van der Waals surface area contributed by atoms with Crippen LogP contribution >= 0.6 is 0 Å². The van der Waals surface area contributed by atoms with Crippen LogP contribution < -0.4 is 10.0 Å². The van der Waals surface area contributed by atoms with Crippen LogP contribution in [0.15, 0.2) is 24.3 Å². The van der Waals surface area contributed by atoms with Crippen LogP contribution in [0.5, 0.6) is 0 Å². The van der Waals surface area contributed by atoms with Crippen LogP contribution in [0.1, 0.15) is 37.8 Å². The fourth-order valence-corrected chi connectivity index (χ4v) is 4.28. The zero-order valence-electron chi connectivity index (χ0n) is 14.8. The Balaban J connectivity index is 1.98. The maximum Gasteiger partial charge on any atom is 0.332 e. The lowest BCUT2D eigenvalue weighted by molar-refractivity contribution is -0.151. The number of carboxylic acids is 1. The number of carbonyl (C=O) groups is 2. The lowest BCUT2D eigenvalue weighted by Crippen LogP contribution is -2.35. The number of sulfonamides is 1. The summed E-state index contributed by atoms with van der Waals surface area (Å²) >= 11 is 0. The number of amides is 1. The minimum Gasteiger partial charge on any atom is -0.479 e. The van der Waals surface area contributed by atoms with Crippen LogP contribution in [-0.4, -0.2) is 43.7 Å². The first-order chi connectivity index (χ1) is 12.2. The number of carboxylic acid groups (broad SMARTS) is 1. The van der Waals surface area contributed by atoms with E-state index < -0.39 is 34.1 Å². The SMILES string of the molecule is CC(C)NS(=O)(=O)Cc1ccccc1CNC(=O)[C@@H]1CC[C@H](C(=O)O)O1. The molecule has 1 heterocycles. The van der Waals surface area contributed by atoms with Crippen LogP contribution in [-0.2, 0) is 36.6 Å². The molecule has 0 spiro atoms. The van der Waals surface area contributed by atoms with Crippen molar-refractivity contribution in [2.45, 2.75) is 57.2 Å². The molecule has 26 heavy (non-hydrogen) atoms. The van der Waals surface area contributed by atoms with Gasteiger partial charge in [0.05, 0.1) is 5.75 Å². The Morgan fingerprint density at radius 1 is 1.19 bits per heavy atom. The van der Waals surface area contributed by atoms with E-state index in [0.717, 1.165) is 0 Å². The van der Waals surface area contributed by atoms with E-state index in [1.165, 1.54) is 0 Å². The highest BCUT2D eigenvalue weighted by Gasteiger charge is 2.34. The third kappa shape index (κ3) is 5.79. The Morgan fingerprint density at radius 2 is 1.81 bits per heavy atom. The first-order valence-electron chi connectivity index (χ1n) is 8.40. The number of benzene rings is 1. The molecule has 2 rings (SSSR count). The fourth-order valence-electron chi connectivity index (χ4n) is 2.78. The van der Waals surface area contributed by atoms with E-state index >= 15 is 0 Å². The molecule has 2 atom stereocenters. The third-order valence-corrected chi connectivity index (χ3v) is 5.44. The molecular formula is C17H24N2O6S. The lowest BCUT2D eigenvalue weighted by atomic mass is 10.1. The molecule has 1 aliphatic heterocycles. The van der Waals surface area contributed by atoms with E-state index in [9.17, 15) is 18.0 Å². The Bertz CT molecular complexity index is 762. The minimum atomic E-state index is -3.48. The standard InChI is InChI=1S/C17H24N2O6S/c1-11(2)19-26(23,24)10-13-6-4-3-5-12(13)9-18-16(20)14-7-8-15(25-14)17(21)22/h3-6,11,14-15,19H,7-10H2,1-2H3,(H,18,20)(H,21,22)/t14-,15+/m0/s1. The monoisotopic (exact) mass is 384 g/mol. The molecule has 0 bridgehead atoms. The van der Waals surface area contributed by atoms with Crippen LogP contribution in [0.4, 0.5) is 0 Å². The van der Waals surface area contributed by atoms with Gasteiger partial charge in [-0.1, -0.05) is 24.3 Å². The number of hydrogen-bond acceptors (Lipinski definition) is 5. The maximum atomic E-state index is 12.2. The quantitative estimate of drug-likeness (QED) is 0.608. The molecular weight excluding hydrogens is 360 g/mol. The smallest absolute Gasteiger partial charge is 0.332 e. The molecule has 0 unspecified atom stereocenters. The molecule has 8 nitrogen and oxygen atoms in total. The van der Waals surface area contributed by atoms with Gasteiger partial charge in [0, 0.05) is 12.6 Å². The molecule has 1 aliphatic rings. The molecule has 3 N–H and O–H groups in total. The second-order valence-electron chi connectivity index (χ2n) is 6.55. The van der Waals surface area contributed by atoms with Crippen molar-refractivity contribution in [2.75, 3.05) is 0 Å². The average molecular weight is 384 g/mol. The zero-order valence-corrected chi connectivity index (χ0v) is 15.6. The molecule has 0 saturated carbocycles. The highest BCUT2D eigenvalue weighted by Crippen LogP contribution is 2.20. The van der Waals surface area contributed by atoms with Gasteiger partial charge in [-0.3, -0.25) is 4.79 Å². The molecule has 1 aromatic rings. The molecule has 1 amide bonds. The van der Waals surface area contributed by atoms with Gasteiger partial charge in [-0.05, 0) is 37.8 Å². The zero-order chi connectivity index (χ0) is 19.3. The van der Waals surface area contributed by atoms with E-state index in [1.54, 1.807) is 38.1 Å². The number of aliphatic carboxylic acids is 1. The van der Waals surface area contributed by atoms with Crippen LogP contribution in [0.25, 0.3) is 0 Å². The molecule has 1 aromatic carbocycles. The summed E-state index contributed by atoms with van der Waals surface area (Å²) in [6.45, 7) is 3.63. The summed E-state index contributed by atoms with van der Waals surface area (Å²) < 4.78 is 32.0. The first kappa shape index (κ1) is 20.3. The number of hydrogen-bond donors (Lipinski definition) is 3. The van der Waals surface area contributed by atoms with E-state index in [2.05, 4.69) is 10.0 Å². The molecule has 0 aliphatic carbocycles. The summed E-state index contributed by atoms with van der Waals surface area (Å²) in [5.74, 6) is -1.65. The van der Waals surface area contributed by atoms with Gasteiger partial charge in [0.1, 0.15) is 6.10 Å².